The highest BCUT2D eigenvalue weighted by molar-refractivity contribution is 7.99. The minimum atomic E-state index is -0.133. The third-order valence-corrected chi connectivity index (χ3v) is 6.43. The molecule has 0 saturated carbocycles. The molecular formula is C26H25N3O2S. The second-order valence-electron chi connectivity index (χ2n) is 7.84. The lowest BCUT2D eigenvalue weighted by Crippen LogP contribution is -2.28. The Morgan fingerprint density at radius 2 is 1.69 bits per heavy atom. The third kappa shape index (κ3) is 4.60. The lowest BCUT2D eigenvalue weighted by Gasteiger charge is -2.18. The molecule has 0 N–H and O–H groups in total. The van der Waals surface area contributed by atoms with Gasteiger partial charge in [0.05, 0.1) is 22.3 Å². The van der Waals surface area contributed by atoms with Crippen LogP contribution < -0.4 is 5.56 Å². The van der Waals surface area contributed by atoms with Crippen LogP contribution in [0.15, 0.2) is 82.7 Å². The molecule has 1 aromatic heterocycles. The van der Waals surface area contributed by atoms with Crippen LogP contribution in [0.25, 0.3) is 16.6 Å². The first kappa shape index (κ1) is 21.8. The number of carbonyl (C=O) groups is 1. The van der Waals surface area contributed by atoms with E-state index in [2.05, 4.69) is 0 Å². The molecule has 0 saturated heterocycles. The minimum Gasteiger partial charge on any atom is -0.341 e. The lowest BCUT2D eigenvalue weighted by molar-refractivity contribution is -0.127. The third-order valence-electron chi connectivity index (χ3n) is 5.51. The zero-order valence-electron chi connectivity index (χ0n) is 18.4. The second-order valence-corrected chi connectivity index (χ2v) is 8.79. The van der Waals surface area contributed by atoms with Gasteiger partial charge < -0.3 is 4.90 Å². The van der Waals surface area contributed by atoms with Crippen molar-refractivity contribution in [2.24, 2.45) is 0 Å². The lowest BCUT2D eigenvalue weighted by atomic mass is 10.1. The predicted octanol–water partition coefficient (Wildman–Crippen LogP) is 4.75. The van der Waals surface area contributed by atoms with Gasteiger partial charge >= 0.3 is 0 Å². The molecule has 162 valence electrons. The van der Waals surface area contributed by atoms with Crippen molar-refractivity contribution in [1.29, 1.82) is 0 Å². The first-order valence-electron chi connectivity index (χ1n) is 10.4. The fraction of sp³-hybridized carbons (Fsp3) is 0.192. The molecule has 0 bridgehead atoms. The molecular weight excluding hydrogens is 418 g/mol. The normalized spacial score (nSPS) is 11.0. The Morgan fingerprint density at radius 1 is 0.969 bits per heavy atom. The summed E-state index contributed by atoms with van der Waals surface area (Å²) in [6.07, 6.45) is 0. The average molecular weight is 444 g/mol. The van der Waals surface area contributed by atoms with Crippen LogP contribution in [0.3, 0.4) is 0 Å². The van der Waals surface area contributed by atoms with Crippen LogP contribution in [0.1, 0.15) is 16.7 Å². The smallest absolute Gasteiger partial charge is 0.266 e. The van der Waals surface area contributed by atoms with Crippen molar-refractivity contribution in [2.45, 2.75) is 25.5 Å². The Morgan fingerprint density at radius 3 is 2.44 bits per heavy atom. The van der Waals surface area contributed by atoms with Crippen LogP contribution in [0.2, 0.25) is 0 Å². The summed E-state index contributed by atoms with van der Waals surface area (Å²) in [5.41, 5.74) is 4.57. The summed E-state index contributed by atoms with van der Waals surface area (Å²) in [5, 5.41) is 1.07. The summed E-state index contributed by atoms with van der Waals surface area (Å²) in [6, 6.07) is 23.1. The largest absolute Gasteiger partial charge is 0.341 e. The predicted molar refractivity (Wildman–Crippen MR) is 130 cm³/mol. The minimum absolute atomic E-state index is 0.0205. The number of amides is 1. The van der Waals surface area contributed by atoms with E-state index in [-0.39, 0.29) is 17.2 Å². The first-order chi connectivity index (χ1) is 15.4. The number of hydrogen-bond acceptors (Lipinski definition) is 4. The van der Waals surface area contributed by atoms with Crippen LogP contribution in [0.5, 0.6) is 0 Å². The number of para-hydroxylation sites is 1. The second kappa shape index (κ2) is 9.40. The molecule has 0 fully saturated rings. The molecule has 0 aliphatic heterocycles. The van der Waals surface area contributed by atoms with E-state index in [1.165, 1.54) is 11.8 Å². The summed E-state index contributed by atoms with van der Waals surface area (Å²) in [5.74, 6) is 0.173. The van der Waals surface area contributed by atoms with Crippen molar-refractivity contribution in [3.05, 3.63) is 99.8 Å². The molecule has 0 aliphatic rings. The van der Waals surface area contributed by atoms with Gasteiger partial charge in [0.1, 0.15) is 0 Å². The van der Waals surface area contributed by atoms with Crippen LogP contribution >= 0.6 is 11.8 Å². The monoisotopic (exact) mass is 443 g/mol. The van der Waals surface area contributed by atoms with Crippen molar-refractivity contribution in [2.75, 3.05) is 12.8 Å². The zero-order chi connectivity index (χ0) is 22.7. The molecule has 3 aromatic carbocycles. The number of benzene rings is 3. The highest BCUT2D eigenvalue weighted by Gasteiger charge is 2.17. The van der Waals surface area contributed by atoms with Gasteiger partial charge in [-0.25, -0.2) is 4.98 Å². The van der Waals surface area contributed by atoms with Gasteiger partial charge in [0.15, 0.2) is 5.16 Å². The molecule has 4 aromatic rings. The summed E-state index contributed by atoms with van der Waals surface area (Å²) >= 11 is 1.29. The maximum absolute atomic E-state index is 13.4. The fourth-order valence-corrected chi connectivity index (χ4v) is 4.44. The van der Waals surface area contributed by atoms with Crippen LogP contribution in [0, 0.1) is 13.8 Å². The van der Waals surface area contributed by atoms with Crippen molar-refractivity contribution < 1.29 is 4.79 Å². The van der Waals surface area contributed by atoms with E-state index in [1.54, 1.807) is 22.6 Å². The number of nitrogens with zero attached hydrogens (tertiary/aromatic N) is 3. The van der Waals surface area contributed by atoms with E-state index in [0.717, 1.165) is 22.4 Å². The quantitative estimate of drug-likeness (QED) is 0.319. The fourth-order valence-electron chi connectivity index (χ4n) is 3.48. The van der Waals surface area contributed by atoms with Crippen molar-refractivity contribution in [3.63, 3.8) is 0 Å². The highest BCUT2D eigenvalue weighted by atomic mass is 32.2. The summed E-state index contributed by atoms with van der Waals surface area (Å²) in [4.78, 5) is 32.6. The van der Waals surface area contributed by atoms with Gasteiger partial charge in [0.2, 0.25) is 5.91 Å². The highest BCUT2D eigenvalue weighted by Crippen LogP contribution is 2.23. The molecule has 32 heavy (non-hydrogen) atoms. The van der Waals surface area contributed by atoms with E-state index < -0.39 is 0 Å². The molecule has 5 nitrogen and oxygen atoms in total. The van der Waals surface area contributed by atoms with Crippen LogP contribution in [-0.2, 0) is 11.3 Å². The maximum atomic E-state index is 13.4. The van der Waals surface area contributed by atoms with E-state index in [9.17, 15) is 9.59 Å². The van der Waals surface area contributed by atoms with Gasteiger partial charge in [0.25, 0.3) is 5.56 Å². The number of aromatic nitrogens is 2. The van der Waals surface area contributed by atoms with E-state index in [0.29, 0.717) is 22.6 Å². The standard InChI is InChI=1S/C26H25N3O2S/c1-18-13-14-21(15-19(18)2)29-25(31)22-11-7-8-12-23(22)27-26(29)32-17-24(30)28(3)16-20-9-5-4-6-10-20/h4-15H,16-17H2,1-3H3. The molecule has 1 heterocycles. The molecule has 1 amide bonds. The number of rotatable bonds is 6. The van der Waals surface area contributed by atoms with Gasteiger partial charge in [-0.1, -0.05) is 60.3 Å². The van der Waals surface area contributed by atoms with Gasteiger partial charge in [-0.2, -0.15) is 0 Å². The molecule has 0 radical (unpaired) electrons. The Labute approximate surface area is 191 Å². The maximum Gasteiger partial charge on any atom is 0.266 e. The number of hydrogen-bond donors (Lipinski definition) is 0. The average Bonchev–Trinajstić information content (AvgIpc) is 2.80. The van der Waals surface area contributed by atoms with Crippen LogP contribution in [-0.4, -0.2) is 33.2 Å². The van der Waals surface area contributed by atoms with E-state index >= 15 is 0 Å². The summed E-state index contributed by atoms with van der Waals surface area (Å²) < 4.78 is 1.61. The number of fused-ring (bicyclic) bond motifs is 1. The molecule has 4 rings (SSSR count). The molecule has 0 aliphatic carbocycles. The molecule has 6 heteroatoms. The number of thioether (sulfide) groups is 1. The van der Waals surface area contributed by atoms with Gasteiger partial charge in [-0.05, 0) is 54.8 Å². The van der Waals surface area contributed by atoms with Gasteiger partial charge in [-0.15, -0.1) is 0 Å². The Balaban J connectivity index is 1.66. The SMILES string of the molecule is Cc1ccc(-n2c(SCC(=O)N(C)Cc3ccccc3)nc3ccccc3c2=O)cc1C. The van der Waals surface area contributed by atoms with Crippen molar-refractivity contribution in [1.82, 2.24) is 14.5 Å². The molecule has 0 unspecified atom stereocenters. The Bertz CT molecular complexity index is 1330. The Kier molecular flexibility index (Phi) is 6.42. The van der Waals surface area contributed by atoms with Crippen molar-refractivity contribution >= 4 is 28.6 Å². The van der Waals surface area contributed by atoms with Crippen LogP contribution in [0.4, 0.5) is 0 Å². The topological polar surface area (TPSA) is 55.2 Å². The summed E-state index contributed by atoms with van der Waals surface area (Å²) in [7, 11) is 1.79. The van der Waals surface area contributed by atoms with E-state index in [4.69, 9.17) is 4.98 Å². The van der Waals surface area contributed by atoms with Crippen molar-refractivity contribution in [3.8, 4) is 5.69 Å². The number of aryl methyl sites for hydroxylation is 2. The molecule has 0 spiro atoms. The first-order valence-corrected chi connectivity index (χ1v) is 11.4. The number of carbonyl (C=O) groups excluding carboxylic acids is 1. The Hall–Kier alpha value is -3.38. The zero-order valence-corrected chi connectivity index (χ0v) is 19.2. The van der Waals surface area contributed by atoms with Gasteiger partial charge in [-0.3, -0.25) is 14.2 Å². The van der Waals surface area contributed by atoms with E-state index in [1.807, 2.05) is 80.6 Å². The summed E-state index contributed by atoms with van der Waals surface area (Å²) in [6.45, 7) is 4.60. The van der Waals surface area contributed by atoms with Gasteiger partial charge in [0, 0.05) is 13.6 Å². The molecule has 0 atom stereocenters.